The number of carboxylic acid groups (broad SMARTS) is 1. The van der Waals surface area contributed by atoms with Gasteiger partial charge in [0.15, 0.2) is 0 Å². The van der Waals surface area contributed by atoms with Crippen LogP contribution in [0, 0.1) is 0 Å². The number of fused-ring (bicyclic) bond motifs is 1. The summed E-state index contributed by atoms with van der Waals surface area (Å²) in [6, 6.07) is 1.72. The third-order valence-corrected chi connectivity index (χ3v) is 2.85. The molecule has 2 rings (SSSR count). The topological polar surface area (TPSA) is 97.2 Å². The molecule has 0 amide bonds. The number of hydrogen-bond acceptors (Lipinski definition) is 4. The third-order valence-electron chi connectivity index (χ3n) is 2.85. The standard InChI is InChI=1S/C12H15N3O4/c1-8(7-19-5-3-11(16)17)15-4-2-9-10(15)6-13-14-12(9)18/h2,4,6,8H,3,5,7H2,1H3,(H,14,18)(H,16,17)/t8-/m1/s1. The Bertz CT molecular complexity index is 631. The molecular weight excluding hydrogens is 250 g/mol. The van der Waals surface area contributed by atoms with E-state index in [2.05, 4.69) is 10.2 Å². The van der Waals surface area contributed by atoms with Crippen LogP contribution >= 0.6 is 0 Å². The third kappa shape index (κ3) is 3.00. The van der Waals surface area contributed by atoms with E-state index >= 15 is 0 Å². The van der Waals surface area contributed by atoms with Crippen LogP contribution in [0.3, 0.4) is 0 Å². The van der Waals surface area contributed by atoms with E-state index in [0.29, 0.717) is 12.0 Å². The molecule has 0 saturated heterocycles. The van der Waals surface area contributed by atoms with Gasteiger partial charge >= 0.3 is 5.97 Å². The van der Waals surface area contributed by atoms with Gasteiger partial charge in [-0.05, 0) is 13.0 Å². The van der Waals surface area contributed by atoms with Gasteiger partial charge in [-0.25, -0.2) is 5.10 Å². The second-order valence-electron chi connectivity index (χ2n) is 4.29. The maximum absolute atomic E-state index is 11.5. The predicted octanol–water partition coefficient (Wildman–Crippen LogP) is 0.777. The molecule has 0 spiro atoms. The van der Waals surface area contributed by atoms with Gasteiger partial charge in [0.1, 0.15) is 0 Å². The highest BCUT2D eigenvalue weighted by molar-refractivity contribution is 5.78. The van der Waals surface area contributed by atoms with Gasteiger partial charge in [0, 0.05) is 6.20 Å². The summed E-state index contributed by atoms with van der Waals surface area (Å²) in [6.45, 7) is 2.49. The summed E-state index contributed by atoms with van der Waals surface area (Å²) in [5.41, 5.74) is 0.508. The van der Waals surface area contributed by atoms with Crippen molar-refractivity contribution in [2.24, 2.45) is 0 Å². The summed E-state index contributed by atoms with van der Waals surface area (Å²) in [6.07, 6.45) is 3.37. The monoisotopic (exact) mass is 265 g/mol. The Kier molecular flexibility index (Phi) is 3.96. The highest BCUT2D eigenvalue weighted by Crippen LogP contribution is 2.16. The van der Waals surface area contributed by atoms with E-state index in [1.54, 1.807) is 18.5 Å². The molecule has 1 atom stereocenters. The van der Waals surface area contributed by atoms with E-state index in [9.17, 15) is 9.59 Å². The number of carboxylic acids is 1. The van der Waals surface area contributed by atoms with Crippen LogP contribution in [-0.4, -0.2) is 39.1 Å². The fourth-order valence-electron chi connectivity index (χ4n) is 1.88. The molecular formula is C12H15N3O4. The number of hydrogen-bond donors (Lipinski definition) is 2. The van der Waals surface area contributed by atoms with Crippen LogP contribution in [0.4, 0.5) is 0 Å². The lowest BCUT2D eigenvalue weighted by molar-refractivity contribution is -0.138. The van der Waals surface area contributed by atoms with Crippen molar-refractivity contribution in [1.82, 2.24) is 14.8 Å². The van der Waals surface area contributed by atoms with Crippen LogP contribution in [0.5, 0.6) is 0 Å². The second-order valence-corrected chi connectivity index (χ2v) is 4.29. The average molecular weight is 265 g/mol. The van der Waals surface area contributed by atoms with Gasteiger partial charge in [-0.1, -0.05) is 0 Å². The molecule has 2 aromatic heterocycles. The van der Waals surface area contributed by atoms with Gasteiger partial charge in [0.2, 0.25) is 0 Å². The zero-order valence-corrected chi connectivity index (χ0v) is 10.5. The smallest absolute Gasteiger partial charge is 0.305 e. The largest absolute Gasteiger partial charge is 0.481 e. The summed E-state index contributed by atoms with van der Waals surface area (Å²) in [5, 5.41) is 15.2. The SMILES string of the molecule is C[C@H](COCCC(=O)O)n1ccc2c(=O)[nH]ncc21. The summed E-state index contributed by atoms with van der Waals surface area (Å²) in [5.74, 6) is -0.880. The number of aromatic amines is 1. The number of nitrogens with one attached hydrogen (secondary N) is 1. The first kappa shape index (κ1) is 13.3. The molecule has 19 heavy (non-hydrogen) atoms. The minimum atomic E-state index is -0.880. The van der Waals surface area contributed by atoms with Crippen LogP contribution < -0.4 is 5.56 Å². The molecule has 0 aromatic carbocycles. The molecule has 0 aliphatic rings. The van der Waals surface area contributed by atoms with Gasteiger partial charge < -0.3 is 14.4 Å². The fourth-order valence-corrected chi connectivity index (χ4v) is 1.88. The molecule has 0 saturated carbocycles. The lowest BCUT2D eigenvalue weighted by Gasteiger charge is -2.14. The Labute approximate surface area is 108 Å². The lowest BCUT2D eigenvalue weighted by Crippen LogP contribution is -2.14. The van der Waals surface area contributed by atoms with Crippen molar-refractivity contribution < 1.29 is 14.6 Å². The first-order valence-electron chi connectivity index (χ1n) is 5.93. The second kappa shape index (κ2) is 5.66. The Morgan fingerprint density at radius 3 is 3.16 bits per heavy atom. The van der Waals surface area contributed by atoms with Crippen molar-refractivity contribution in [3.8, 4) is 0 Å². The van der Waals surface area contributed by atoms with Crippen LogP contribution in [0.1, 0.15) is 19.4 Å². The molecule has 0 unspecified atom stereocenters. The molecule has 7 heteroatoms. The van der Waals surface area contributed by atoms with Gasteiger partial charge in [-0.3, -0.25) is 9.59 Å². The minimum absolute atomic E-state index is 0.00473. The molecule has 2 N–H and O–H groups in total. The average Bonchev–Trinajstić information content (AvgIpc) is 2.79. The summed E-state index contributed by atoms with van der Waals surface area (Å²) in [4.78, 5) is 21.9. The lowest BCUT2D eigenvalue weighted by atomic mass is 10.3. The molecule has 2 heterocycles. The van der Waals surface area contributed by atoms with Crippen molar-refractivity contribution >= 4 is 16.9 Å². The number of ether oxygens (including phenoxy) is 1. The Hall–Kier alpha value is -2.15. The van der Waals surface area contributed by atoms with E-state index < -0.39 is 5.97 Å². The quantitative estimate of drug-likeness (QED) is 0.752. The predicted molar refractivity (Wildman–Crippen MR) is 68.1 cm³/mol. The Morgan fingerprint density at radius 2 is 2.42 bits per heavy atom. The number of nitrogens with zero attached hydrogens (tertiary/aromatic N) is 2. The molecule has 2 aromatic rings. The number of rotatable bonds is 6. The first-order valence-corrected chi connectivity index (χ1v) is 5.93. The number of H-pyrrole nitrogens is 1. The highest BCUT2D eigenvalue weighted by atomic mass is 16.5. The van der Waals surface area contributed by atoms with Gasteiger partial charge in [-0.15, -0.1) is 0 Å². The van der Waals surface area contributed by atoms with Crippen molar-refractivity contribution in [1.29, 1.82) is 0 Å². The van der Waals surface area contributed by atoms with Crippen molar-refractivity contribution in [2.45, 2.75) is 19.4 Å². The van der Waals surface area contributed by atoms with Gasteiger partial charge in [0.25, 0.3) is 5.56 Å². The normalized spacial score (nSPS) is 12.7. The van der Waals surface area contributed by atoms with E-state index in [4.69, 9.17) is 9.84 Å². The van der Waals surface area contributed by atoms with E-state index in [1.165, 1.54) is 0 Å². The number of aromatic nitrogens is 3. The highest BCUT2D eigenvalue weighted by Gasteiger charge is 2.10. The molecule has 0 aliphatic carbocycles. The molecule has 0 aliphatic heterocycles. The van der Waals surface area contributed by atoms with E-state index in [-0.39, 0.29) is 24.6 Å². The maximum Gasteiger partial charge on any atom is 0.305 e. The molecule has 102 valence electrons. The molecule has 0 fully saturated rings. The summed E-state index contributed by atoms with van der Waals surface area (Å²) < 4.78 is 7.19. The van der Waals surface area contributed by atoms with Crippen LogP contribution in [0.2, 0.25) is 0 Å². The minimum Gasteiger partial charge on any atom is -0.481 e. The summed E-state index contributed by atoms with van der Waals surface area (Å²) >= 11 is 0. The van der Waals surface area contributed by atoms with E-state index in [0.717, 1.165) is 5.52 Å². The number of aliphatic carboxylic acids is 1. The number of carbonyl (C=O) groups is 1. The Morgan fingerprint density at radius 1 is 1.63 bits per heavy atom. The first-order chi connectivity index (χ1) is 9.09. The van der Waals surface area contributed by atoms with Gasteiger partial charge in [0.05, 0.1) is 42.8 Å². The Balaban J connectivity index is 2.05. The summed E-state index contributed by atoms with van der Waals surface area (Å²) in [7, 11) is 0. The molecule has 7 nitrogen and oxygen atoms in total. The molecule has 0 bridgehead atoms. The van der Waals surface area contributed by atoms with Crippen molar-refractivity contribution in [3.63, 3.8) is 0 Å². The molecule has 0 radical (unpaired) electrons. The fraction of sp³-hybridized carbons (Fsp3) is 0.417. The van der Waals surface area contributed by atoms with Crippen molar-refractivity contribution in [3.05, 3.63) is 28.8 Å². The van der Waals surface area contributed by atoms with Gasteiger partial charge in [-0.2, -0.15) is 5.10 Å². The zero-order valence-electron chi connectivity index (χ0n) is 10.5. The van der Waals surface area contributed by atoms with Crippen LogP contribution in [0.25, 0.3) is 10.9 Å². The van der Waals surface area contributed by atoms with Crippen LogP contribution in [0.15, 0.2) is 23.3 Å². The van der Waals surface area contributed by atoms with Crippen LogP contribution in [-0.2, 0) is 9.53 Å². The van der Waals surface area contributed by atoms with E-state index in [1.807, 2.05) is 11.5 Å². The van der Waals surface area contributed by atoms with Crippen molar-refractivity contribution in [2.75, 3.05) is 13.2 Å². The zero-order chi connectivity index (χ0) is 13.8. The maximum atomic E-state index is 11.5.